The third-order valence-electron chi connectivity index (χ3n) is 1.55. The van der Waals surface area contributed by atoms with E-state index < -0.39 is 27.1 Å². The maximum absolute atomic E-state index is 11.2. The summed E-state index contributed by atoms with van der Waals surface area (Å²) in [6.45, 7) is 0. The standard InChI is InChI=1S/C8H6O7S.Na.H/c9-7(10)5-2-1-3-6(4-5)16(13,14)15-8(11)12;;/h1-4H,(H,9,10)(H,11,12);;/q;+1;-1. The molecule has 7 nitrogen and oxygen atoms in total. The van der Waals surface area contributed by atoms with Gasteiger partial charge in [0.1, 0.15) is 4.90 Å². The van der Waals surface area contributed by atoms with Crippen LogP contribution < -0.4 is 29.6 Å². The number of benzene rings is 1. The molecule has 0 aliphatic rings. The van der Waals surface area contributed by atoms with Gasteiger partial charge in [0.2, 0.25) is 0 Å². The van der Waals surface area contributed by atoms with Crippen LogP contribution in [0, 0.1) is 0 Å². The van der Waals surface area contributed by atoms with Crippen molar-refractivity contribution in [3.63, 3.8) is 0 Å². The van der Waals surface area contributed by atoms with Crippen molar-refractivity contribution in [2.24, 2.45) is 0 Å². The summed E-state index contributed by atoms with van der Waals surface area (Å²) in [6.07, 6.45) is -1.99. The minimum absolute atomic E-state index is 0. The van der Waals surface area contributed by atoms with Crippen molar-refractivity contribution in [1.82, 2.24) is 0 Å². The van der Waals surface area contributed by atoms with Gasteiger partial charge in [-0.25, -0.2) is 9.59 Å². The fourth-order valence-electron chi connectivity index (χ4n) is 0.927. The molecule has 0 radical (unpaired) electrons. The third-order valence-corrected chi connectivity index (χ3v) is 2.74. The Kier molecular flexibility index (Phi) is 5.62. The molecule has 88 valence electrons. The van der Waals surface area contributed by atoms with E-state index in [0.29, 0.717) is 0 Å². The molecular formula is C8H7NaO7S. The van der Waals surface area contributed by atoms with Crippen LogP contribution in [0.2, 0.25) is 0 Å². The average molecular weight is 270 g/mol. The molecule has 1 aromatic rings. The quantitative estimate of drug-likeness (QED) is 0.476. The zero-order valence-electron chi connectivity index (χ0n) is 9.65. The minimum Gasteiger partial charge on any atom is -1.00 e. The molecule has 17 heavy (non-hydrogen) atoms. The van der Waals surface area contributed by atoms with E-state index in [2.05, 4.69) is 4.18 Å². The maximum Gasteiger partial charge on any atom is 1.00 e. The molecule has 0 spiro atoms. The van der Waals surface area contributed by atoms with Crippen molar-refractivity contribution in [2.75, 3.05) is 0 Å². The Labute approximate surface area is 120 Å². The van der Waals surface area contributed by atoms with Crippen LogP contribution in [-0.2, 0) is 14.3 Å². The molecule has 0 fully saturated rings. The number of aromatic carboxylic acids is 1. The minimum atomic E-state index is -4.48. The SMILES string of the molecule is O=C(O)OS(=O)(=O)c1cccc(C(=O)O)c1.[H-].[Na+]. The molecule has 0 aromatic heterocycles. The van der Waals surface area contributed by atoms with Gasteiger partial charge < -0.3 is 15.8 Å². The Morgan fingerprint density at radius 2 is 1.82 bits per heavy atom. The van der Waals surface area contributed by atoms with Crippen LogP contribution in [0.5, 0.6) is 0 Å². The first-order chi connectivity index (χ1) is 7.33. The van der Waals surface area contributed by atoms with Gasteiger partial charge in [-0.05, 0) is 18.2 Å². The summed E-state index contributed by atoms with van der Waals surface area (Å²) in [5.41, 5.74) is -0.282. The van der Waals surface area contributed by atoms with Gasteiger partial charge in [-0.3, -0.25) is 0 Å². The second-order valence-electron chi connectivity index (χ2n) is 2.64. The predicted octanol–water partition coefficient (Wildman–Crippen LogP) is -2.12. The zero-order valence-corrected chi connectivity index (χ0v) is 11.5. The first kappa shape index (κ1) is 15.9. The van der Waals surface area contributed by atoms with Crippen molar-refractivity contribution >= 4 is 22.2 Å². The van der Waals surface area contributed by atoms with Gasteiger partial charge >= 0.3 is 51.8 Å². The molecule has 2 N–H and O–H groups in total. The van der Waals surface area contributed by atoms with E-state index in [1.165, 1.54) is 12.1 Å². The van der Waals surface area contributed by atoms with Gasteiger partial charge in [-0.1, -0.05) is 6.07 Å². The van der Waals surface area contributed by atoms with E-state index in [4.69, 9.17) is 10.2 Å². The van der Waals surface area contributed by atoms with Crippen molar-refractivity contribution in [3.8, 4) is 0 Å². The Morgan fingerprint density at radius 3 is 2.29 bits per heavy atom. The summed E-state index contributed by atoms with van der Waals surface area (Å²) in [5.74, 6) is -1.33. The van der Waals surface area contributed by atoms with Crippen LogP contribution in [0.15, 0.2) is 29.2 Å². The molecule has 0 amide bonds. The molecule has 0 saturated heterocycles. The number of hydrogen-bond acceptors (Lipinski definition) is 5. The predicted molar refractivity (Wildman–Crippen MR) is 50.8 cm³/mol. The van der Waals surface area contributed by atoms with Crippen LogP contribution in [0.1, 0.15) is 11.8 Å². The summed E-state index contributed by atoms with van der Waals surface area (Å²) < 4.78 is 26.1. The normalized spacial score (nSPS) is 10.1. The zero-order chi connectivity index (χ0) is 12.3. The molecule has 0 aliphatic carbocycles. The summed E-state index contributed by atoms with van der Waals surface area (Å²) in [7, 11) is -4.48. The van der Waals surface area contributed by atoms with E-state index in [1.807, 2.05) is 0 Å². The Morgan fingerprint density at radius 1 is 1.24 bits per heavy atom. The Balaban J connectivity index is 0. The molecule has 1 aromatic carbocycles. The number of carboxylic acid groups (broad SMARTS) is 2. The first-order valence-corrected chi connectivity index (χ1v) is 5.24. The fourth-order valence-corrected chi connectivity index (χ4v) is 1.73. The number of hydrogen-bond donors (Lipinski definition) is 2. The molecule has 0 bridgehead atoms. The monoisotopic (exact) mass is 270 g/mol. The third kappa shape index (κ3) is 4.35. The maximum atomic E-state index is 11.2. The molecule has 0 unspecified atom stereocenters. The van der Waals surface area contributed by atoms with Crippen molar-refractivity contribution in [1.29, 1.82) is 0 Å². The van der Waals surface area contributed by atoms with Crippen molar-refractivity contribution in [3.05, 3.63) is 29.8 Å². The van der Waals surface area contributed by atoms with Gasteiger partial charge in [0.15, 0.2) is 0 Å². The van der Waals surface area contributed by atoms with Gasteiger partial charge in [-0.15, -0.1) is 0 Å². The van der Waals surface area contributed by atoms with Crippen molar-refractivity contribution < 1.29 is 63.4 Å². The number of rotatable bonds is 3. The number of carbonyl (C=O) groups is 2. The van der Waals surface area contributed by atoms with Crippen LogP contribution in [0.4, 0.5) is 4.79 Å². The molecule has 0 saturated carbocycles. The van der Waals surface area contributed by atoms with Gasteiger partial charge in [0, 0.05) is 0 Å². The van der Waals surface area contributed by atoms with E-state index in [9.17, 15) is 18.0 Å². The molecule has 1 rings (SSSR count). The van der Waals surface area contributed by atoms with E-state index in [0.717, 1.165) is 12.1 Å². The van der Waals surface area contributed by atoms with Crippen LogP contribution in [0.25, 0.3) is 0 Å². The average Bonchev–Trinajstić information content (AvgIpc) is 2.16. The van der Waals surface area contributed by atoms with Crippen molar-refractivity contribution in [2.45, 2.75) is 4.90 Å². The second-order valence-corrected chi connectivity index (χ2v) is 4.18. The molecule has 9 heteroatoms. The van der Waals surface area contributed by atoms with E-state index in [1.54, 1.807) is 0 Å². The summed E-state index contributed by atoms with van der Waals surface area (Å²) in [6, 6.07) is 4.18. The number of carboxylic acids is 1. The molecule has 0 aliphatic heterocycles. The van der Waals surface area contributed by atoms with Crippen LogP contribution in [0.3, 0.4) is 0 Å². The molecule has 0 heterocycles. The first-order valence-electron chi connectivity index (χ1n) is 3.84. The summed E-state index contributed by atoms with van der Waals surface area (Å²) in [5, 5.41) is 16.8. The Bertz CT molecular complexity index is 542. The Hall–Kier alpha value is -1.09. The van der Waals surface area contributed by atoms with Gasteiger partial charge in [0.25, 0.3) is 0 Å². The van der Waals surface area contributed by atoms with Gasteiger partial charge in [-0.2, -0.15) is 8.42 Å². The second kappa shape index (κ2) is 6.01. The van der Waals surface area contributed by atoms with Gasteiger partial charge in [0.05, 0.1) is 5.56 Å². The summed E-state index contributed by atoms with van der Waals surface area (Å²) >= 11 is 0. The summed E-state index contributed by atoms with van der Waals surface area (Å²) in [4.78, 5) is 20.1. The smallest absolute Gasteiger partial charge is 1.00 e. The topological polar surface area (TPSA) is 118 Å². The van der Waals surface area contributed by atoms with E-state index in [-0.39, 0.29) is 36.5 Å². The fraction of sp³-hybridized carbons (Fsp3) is 0. The van der Waals surface area contributed by atoms with Crippen LogP contribution >= 0.6 is 0 Å². The largest absolute Gasteiger partial charge is 1.00 e. The molecule has 0 atom stereocenters. The van der Waals surface area contributed by atoms with E-state index >= 15 is 0 Å². The van der Waals surface area contributed by atoms with Crippen LogP contribution in [-0.4, -0.2) is 30.8 Å². The molecular weight excluding hydrogens is 263 g/mol.